The Kier molecular flexibility index (Phi) is 2.83. The van der Waals surface area contributed by atoms with Gasteiger partial charge in [-0.25, -0.2) is 10.9 Å². The average Bonchev–Trinajstić information content (AvgIpc) is 2.53. The molecule has 4 nitrogen and oxygen atoms in total. The van der Waals surface area contributed by atoms with E-state index in [0.717, 1.165) is 11.8 Å². The average molecular weight is 184 g/mol. The maximum Gasteiger partial charge on any atom is 0.0889 e. The highest BCUT2D eigenvalue weighted by atomic mass is 15.9. The van der Waals surface area contributed by atoms with Crippen LogP contribution in [0.4, 0.5) is 0 Å². The van der Waals surface area contributed by atoms with Gasteiger partial charge in [-0.2, -0.15) is 10.7 Å². The van der Waals surface area contributed by atoms with Crippen LogP contribution in [0.3, 0.4) is 0 Å². The summed E-state index contributed by atoms with van der Waals surface area (Å²) in [6.45, 7) is 2.36. The zero-order chi connectivity index (χ0) is 9.26. The van der Waals surface area contributed by atoms with E-state index in [0.29, 0.717) is 6.17 Å². The van der Waals surface area contributed by atoms with Gasteiger partial charge in [0.1, 0.15) is 0 Å². The Balaban J connectivity index is 1.81. The maximum atomic E-state index is 3.35. The van der Waals surface area contributed by atoms with Crippen LogP contribution in [0, 0.1) is 11.8 Å². The summed E-state index contributed by atoms with van der Waals surface area (Å²) in [5.74, 6) is 1.72. The highest BCUT2D eigenvalue weighted by Gasteiger charge is 2.29. The summed E-state index contributed by atoms with van der Waals surface area (Å²) in [6, 6.07) is 0. The molecule has 0 aromatic heterocycles. The van der Waals surface area contributed by atoms with Crippen LogP contribution in [-0.2, 0) is 0 Å². The van der Waals surface area contributed by atoms with Crippen LogP contribution in [-0.4, -0.2) is 18.3 Å². The van der Waals surface area contributed by atoms with Crippen LogP contribution >= 0.6 is 0 Å². The molecule has 1 aliphatic carbocycles. The van der Waals surface area contributed by atoms with Gasteiger partial charge < -0.3 is 0 Å². The summed E-state index contributed by atoms with van der Waals surface area (Å²) in [5, 5.41) is 1.89. The molecule has 0 bridgehead atoms. The molecule has 0 amide bonds. The van der Waals surface area contributed by atoms with Crippen molar-refractivity contribution >= 4 is 0 Å². The zero-order valence-electron chi connectivity index (χ0n) is 8.51. The molecule has 1 atom stereocenters. The van der Waals surface area contributed by atoms with Crippen LogP contribution in [0.2, 0.25) is 0 Å². The number of hydrogen-bond acceptors (Lipinski definition) is 4. The number of nitrogens with one attached hydrogen (secondary N) is 3. The minimum absolute atomic E-state index is 0.428. The van der Waals surface area contributed by atoms with Gasteiger partial charge in [0.2, 0.25) is 0 Å². The van der Waals surface area contributed by atoms with Crippen molar-refractivity contribution < 1.29 is 0 Å². The highest BCUT2D eigenvalue weighted by Crippen LogP contribution is 2.30. The minimum atomic E-state index is 0.428. The molecule has 1 saturated carbocycles. The number of rotatable bonds is 1. The lowest BCUT2D eigenvalue weighted by Gasteiger charge is -2.29. The second kappa shape index (κ2) is 3.92. The van der Waals surface area contributed by atoms with Gasteiger partial charge in [0, 0.05) is 7.05 Å². The molecule has 1 aliphatic heterocycles. The van der Waals surface area contributed by atoms with Crippen molar-refractivity contribution in [1.29, 1.82) is 0 Å². The first-order chi connectivity index (χ1) is 6.25. The third-order valence-electron chi connectivity index (χ3n) is 3.25. The number of hydrazine groups is 3. The topological polar surface area (TPSA) is 39.3 Å². The van der Waals surface area contributed by atoms with Crippen molar-refractivity contribution in [1.82, 2.24) is 21.5 Å². The van der Waals surface area contributed by atoms with E-state index in [-0.39, 0.29) is 0 Å². The van der Waals surface area contributed by atoms with Crippen molar-refractivity contribution in [3.63, 3.8) is 0 Å². The van der Waals surface area contributed by atoms with Gasteiger partial charge in [0.15, 0.2) is 0 Å². The third-order valence-corrected chi connectivity index (χ3v) is 3.25. The Morgan fingerprint density at radius 2 is 1.85 bits per heavy atom. The minimum Gasteiger partial charge on any atom is -0.224 e. The van der Waals surface area contributed by atoms with Crippen LogP contribution in [0.1, 0.15) is 32.6 Å². The Morgan fingerprint density at radius 1 is 1.15 bits per heavy atom. The molecule has 2 fully saturated rings. The van der Waals surface area contributed by atoms with Crippen molar-refractivity contribution in [3.05, 3.63) is 0 Å². The first kappa shape index (κ1) is 9.40. The van der Waals surface area contributed by atoms with Gasteiger partial charge in [-0.3, -0.25) is 0 Å². The molecular formula is C9H20N4. The molecule has 0 aromatic rings. The molecule has 0 aromatic carbocycles. The lowest BCUT2D eigenvalue weighted by Crippen LogP contribution is -2.42. The predicted molar refractivity (Wildman–Crippen MR) is 52.1 cm³/mol. The quantitative estimate of drug-likeness (QED) is 0.558. The molecule has 3 N–H and O–H groups in total. The molecule has 0 spiro atoms. The molecular weight excluding hydrogens is 164 g/mol. The summed E-state index contributed by atoms with van der Waals surface area (Å²) in [7, 11) is 1.98. The van der Waals surface area contributed by atoms with Crippen molar-refractivity contribution in [2.24, 2.45) is 11.8 Å². The first-order valence-electron chi connectivity index (χ1n) is 5.27. The van der Waals surface area contributed by atoms with Crippen molar-refractivity contribution in [2.75, 3.05) is 7.05 Å². The molecule has 1 saturated heterocycles. The van der Waals surface area contributed by atoms with Gasteiger partial charge in [-0.1, -0.05) is 19.8 Å². The number of hydrogen-bond donors (Lipinski definition) is 3. The molecule has 4 heteroatoms. The monoisotopic (exact) mass is 184 g/mol. The van der Waals surface area contributed by atoms with E-state index < -0.39 is 0 Å². The molecule has 76 valence electrons. The SMILES string of the molecule is CC1CCC(C2NNN(C)N2)CC1. The largest absolute Gasteiger partial charge is 0.224 e. The second-order valence-corrected chi connectivity index (χ2v) is 4.44. The predicted octanol–water partition coefficient (Wildman–Crippen LogP) is 0.598. The third kappa shape index (κ3) is 2.20. The van der Waals surface area contributed by atoms with Gasteiger partial charge in [-0.15, -0.1) is 0 Å². The Bertz CT molecular complexity index is 165. The summed E-state index contributed by atoms with van der Waals surface area (Å²) >= 11 is 0. The Hall–Kier alpha value is -0.160. The van der Waals surface area contributed by atoms with Crippen LogP contribution in [0.15, 0.2) is 0 Å². The van der Waals surface area contributed by atoms with Crippen LogP contribution in [0.25, 0.3) is 0 Å². The van der Waals surface area contributed by atoms with E-state index in [1.807, 2.05) is 12.2 Å². The second-order valence-electron chi connectivity index (χ2n) is 4.44. The summed E-state index contributed by atoms with van der Waals surface area (Å²) in [6.07, 6.45) is 5.89. The Morgan fingerprint density at radius 3 is 2.38 bits per heavy atom. The van der Waals surface area contributed by atoms with Crippen molar-refractivity contribution in [2.45, 2.75) is 38.8 Å². The van der Waals surface area contributed by atoms with Crippen LogP contribution < -0.4 is 16.4 Å². The normalized spacial score (nSPS) is 42.5. The smallest absolute Gasteiger partial charge is 0.0889 e. The molecule has 2 rings (SSSR count). The summed E-state index contributed by atoms with van der Waals surface area (Å²) in [4.78, 5) is 0. The fourth-order valence-corrected chi connectivity index (χ4v) is 2.28. The van der Waals surface area contributed by atoms with E-state index >= 15 is 0 Å². The van der Waals surface area contributed by atoms with Gasteiger partial charge in [-0.05, 0) is 24.7 Å². The lowest BCUT2D eigenvalue weighted by molar-refractivity contribution is 0.183. The fourth-order valence-electron chi connectivity index (χ4n) is 2.28. The molecule has 2 aliphatic rings. The van der Waals surface area contributed by atoms with Crippen LogP contribution in [0.5, 0.6) is 0 Å². The van der Waals surface area contributed by atoms with E-state index in [1.165, 1.54) is 25.7 Å². The zero-order valence-corrected chi connectivity index (χ0v) is 8.51. The molecule has 13 heavy (non-hydrogen) atoms. The van der Waals surface area contributed by atoms with E-state index in [1.54, 1.807) is 0 Å². The Labute approximate surface area is 80.0 Å². The maximum absolute atomic E-state index is 3.35. The van der Waals surface area contributed by atoms with Gasteiger partial charge in [0.05, 0.1) is 6.17 Å². The fraction of sp³-hybridized carbons (Fsp3) is 1.00. The summed E-state index contributed by atoms with van der Waals surface area (Å²) < 4.78 is 0. The standard InChI is InChI=1S/C9H20N4/c1-7-3-5-8(6-4-7)9-10-12-13(2)11-9/h7-12H,3-6H2,1-2H3. The van der Waals surface area contributed by atoms with E-state index in [2.05, 4.69) is 23.3 Å². The summed E-state index contributed by atoms with van der Waals surface area (Å²) in [5.41, 5.74) is 9.66. The highest BCUT2D eigenvalue weighted by molar-refractivity contribution is 4.79. The lowest BCUT2D eigenvalue weighted by atomic mass is 9.82. The number of nitrogens with zero attached hydrogens (tertiary/aromatic N) is 1. The molecule has 0 radical (unpaired) electrons. The molecule has 1 heterocycles. The first-order valence-corrected chi connectivity index (χ1v) is 5.27. The van der Waals surface area contributed by atoms with E-state index in [4.69, 9.17) is 0 Å². The van der Waals surface area contributed by atoms with Crippen molar-refractivity contribution in [3.8, 4) is 0 Å². The van der Waals surface area contributed by atoms with Gasteiger partial charge in [0.25, 0.3) is 0 Å². The van der Waals surface area contributed by atoms with E-state index in [9.17, 15) is 0 Å². The molecule has 1 unspecified atom stereocenters. The van der Waals surface area contributed by atoms with Gasteiger partial charge >= 0.3 is 0 Å².